The van der Waals surface area contributed by atoms with Crippen molar-refractivity contribution in [3.63, 3.8) is 0 Å². The van der Waals surface area contributed by atoms with Gasteiger partial charge in [-0.15, -0.1) is 11.3 Å². The zero-order valence-electron chi connectivity index (χ0n) is 15.5. The Kier molecular flexibility index (Phi) is 8.62. The Labute approximate surface area is 167 Å². The normalized spacial score (nSPS) is 15.4. The van der Waals surface area contributed by atoms with Crippen LogP contribution in [0.25, 0.3) is 0 Å². The smallest absolute Gasteiger partial charge is 0.316 e. The van der Waals surface area contributed by atoms with Crippen LogP contribution < -0.4 is 21.7 Å². The van der Waals surface area contributed by atoms with E-state index in [1.165, 1.54) is 31.5 Å². The number of hydrogen-bond acceptors (Lipinski definition) is 5. The van der Waals surface area contributed by atoms with Crippen molar-refractivity contribution in [2.24, 2.45) is 5.73 Å². The molecule has 2 heterocycles. The number of nitrogens with one attached hydrogen (secondary N) is 3. The number of aldehydes is 1. The molecule has 6 nitrogen and oxygen atoms in total. The number of carbonyl (C=O) groups excluding carboxylic acids is 2. The van der Waals surface area contributed by atoms with Crippen LogP contribution in [0.5, 0.6) is 0 Å². The molecule has 148 valence electrons. The lowest BCUT2D eigenvalue weighted by Crippen LogP contribution is -2.41. The summed E-state index contributed by atoms with van der Waals surface area (Å²) < 4.78 is 12.7. The highest BCUT2D eigenvalue weighted by molar-refractivity contribution is 7.14. The van der Waals surface area contributed by atoms with E-state index in [1.807, 2.05) is 7.05 Å². The average Bonchev–Trinajstić information content (AvgIpc) is 3.09. The molecule has 0 radical (unpaired) electrons. The number of anilines is 1. The second-order valence-corrected chi connectivity index (χ2v) is 7.17. The van der Waals surface area contributed by atoms with E-state index in [-0.39, 0.29) is 5.82 Å². The molecule has 8 heteroatoms. The molecule has 2 aromatic rings. The van der Waals surface area contributed by atoms with Gasteiger partial charge in [0.05, 0.1) is 15.4 Å². The number of urea groups is 1. The highest BCUT2D eigenvalue weighted by Gasteiger charge is 2.09. The van der Waals surface area contributed by atoms with Gasteiger partial charge in [0, 0.05) is 18.2 Å². The first-order chi connectivity index (χ1) is 13.5. The van der Waals surface area contributed by atoms with Gasteiger partial charge in [0.1, 0.15) is 5.82 Å². The molecular formula is C20H23FN4O2S. The van der Waals surface area contributed by atoms with Gasteiger partial charge in [-0.3, -0.25) is 4.79 Å². The second kappa shape index (κ2) is 11.2. The van der Waals surface area contributed by atoms with Crippen LogP contribution in [0.1, 0.15) is 33.0 Å². The van der Waals surface area contributed by atoms with Crippen LogP contribution in [-0.4, -0.2) is 38.5 Å². The molecule has 1 aliphatic rings. The van der Waals surface area contributed by atoms with Crippen molar-refractivity contribution < 1.29 is 14.0 Å². The highest BCUT2D eigenvalue weighted by Crippen LogP contribution is 2.25. The number of hydrogen-bond donors (Lipinski definition) is 4. The predicted octanol–water partition coefficient (Wildman–Crippen LogP) is 2.55. The molecule has 0 aliphatic carbocycles. The lowest BCUT2D eigenvalue weighted by Gasteiger charge is -2.21. The van der Waals surface area contributed by atoms with Gasteiger partial charge in [0.25, 0.3) is 0 Å². The maximum Gasteiger partial charge on any atom is 0.316 e. The van der Waals surface area contributed by atoms with E-state index in [1.54, 1.807) is 18.2 Å². The minimum Gasteiger partial charge on any atom is -0.351 e. The Morgan fingerprint density at radius 2 is 2.11 bits per heavy atom. The van der Waals surface area contributed by atoms with Crippen LogP contribution in [0.3, 0.4) is 0 Å². The molecule has 1 saturated heterocycles. The Hall–Kier alpha value is -2.73. The Morgan fingerprint density at radius 1 is 1.36 bits per heavy atom. The van der Waals surface area contributed by atoms with E-state index in [9.17, 15) is 14.0 Å². The minimum absolute atomic E-state index is 0.331. The lowest BCUT2D eigenvalue weighted by molar-refractivity contribution is 0.112. The quantitative estimate of drug-likeness (QED) is 0.469. The van der Waals surface area contributed by atoms with Gasteiger partial charge >= 0.3 is 6.03 Å². The van der Waals surface area contributed by atoms with Crippen LogP contribution in [0.4, 0.5) is 14.9 Å². The van der Waals surface area contributed by atoms with Gasteiger partial charge in [0.2, 0.25) is 0 Å². The SMILES string of the molecule is CNC1CCCNC1.NC(=O)Nc1cc(C#Cc2ccc(F)cc2)sc1C=O. The summed E-state index contributed by atoms with van der Waals surface area (Å²) >= 11 is 1.14. The predicted molar refractivity (Wildman–Crippen MR) is 110 cm³/mol. The van der Waals surface area contributed by atoms with Crippen LogP contribution in [0, 0.1) is 17.7 Å². The first-order valence-corrected chi connectivity index (χ1v) is 9.64. The maximum absolute atomic E-state index is 12.7. The van der Waals surface area contributed by atoms with Crippen molar-refractivity contribution in [1.29, 1.82) is 0 Å². The van der Waals surface area contributed by atoms with E-state index in [4.69, 9.17) is 5.73 Å². The first-order valence-electron chi connectivity index (χ1n) is 8.83. The van der Waals surface area contributed by atoms with Gasteiger partial charge in [-0.25, -0.2) is 9.18 Å². The molecule has 3 rings (SSSR count). The van der Waals surface area contributed by atoms with Gasteiger partial charge in [-0.05, 0) is 56.8 Å². The summed E-state index contributed by atoms with van der Waals surface area (Å²) in [6.07, 6.45) is 3.29. The Balaban J connectivity index is 0.000000292. The Bertz CT molecular complexity index is 849. The molecule has 0 bridgehead atoms. The number of thiophene rings is 1. The van der Waals surface area contributed by atoms with E-state index in [0.717, 1.165) is 23.9 Å². The summed E-state index contributed by atoms with van der Waals surface area (Å²) in [5.41, 5.74) is 5.99. The fourth-order valence-electron chi connectivity index (χ4n) is 2.55. The molecule has 1 atom stereocenters. The second-order valence-electron chi connectivity index (χ2n) is 6.08. The van der Waals surface area contributed by atoms with Crippen LogP contribution in [0.2, 0.25) is 0 Å². The van der Waals surface area contributed by atoms with Crippen molar-refractivity contribution in [2.75, 3.05) is 25.5 Å². The first kappa shape index (κ1) is 21.6. The number of likely N-dealkylation sites (N-methyl/N-ethyl adjacent to an activating group) is 1. The summed E-state index contributed by atoms with van der Waals surface area (Å²) in [4.78, 5) is 22.6. The monoisotopic (exact) mass is 402 g/mol. The maximum atomic E-state index is 12.7. The van der Waals surface area contributed by atoms with Crippen molar-refractivity contribution >= 4 is 29.3 Å². The van der Waals surface area contributed by atoms with E-state index in [2.05, 4.69) is 27.8 Å². The summed E-state index contributed by atoms with van der Waals surface area (Å²) in [6, 6.07) is 7.28. The lowest BCUT2D eigenvalue weighted by atomic mass is 10.1. The molecule has 2 amide bonds. The zero-order valence-corrected chi connectivity index (χ0v) is 16.4. The number of benzene rings is 1. The standard InChI is InChI=1S/C14H9FN2O2S.C6H14N2/c15-10-4-1-9(2-5-10)3-6-11-7-12(17-14(16)19)13(8-18)20-11;1-7-6-3-2-4-8-5-6/h1-2,4-5,7-8H,(H3,16,17,19);6-8H,2-5H2,1H3. The fourth-order valence-corrected chi connectivity index (χ4v) is 3.33. The number of carbonyl (C=O) groups is 2. The minimum atomic E-state index is -0.746. The molecule has 5 N–H and O–H groups in total. The number of halogens is 1. The van der Waals surface area contributed by atoms with Gasteiger partial charge in [0.15, 0.2) is 6.29 Å². The largest absolute Gasteiger partial charge is 0.351 e. The van der Waals surface area contributed by atoms with Crippen LogP contribution in [0.15, 0.2) is 30.3 Å². The van der Waals surface area contributed by atoms with Gasteiger partial charge in [-0.2, -0.15) is 0 Å². The number of nitrogens with two attached hydrogens (primary N) is 1. The topological polar surface area (TPSA) is 96.2 Å². The molecule has 0 saturated carbocycles. The molecule has 28 heavy (non-hydrogen) atoms. The summed E-state index contributed by atoms with van der Waals surface area (Å²) in [6.45, 7) is 2.36. The average molecular weight is 402 g/mol. The summed E-state index contributed by atoms with van der Waals surface area (Å²) in [5, 5.41) is 8.92. The Morgan fingerprint density at radius 3 is 2.64 bits per heavy atom. The van der Waals surface area contributed by atoms with E-state index >= 15 is 0 Å². The molecule has 1 unspecified atom stereocenters. The summed E-state index contributed by atoms with van der Waals surface area (Å²) in [5.74, 6) is 5.35. The van der Waals surface area contributed by atoms with Crippen molar-refractivity contribution in [3.8, 4) is 11.8 Å². The van der Waals surface area contributed by atoms with Crippen molar-refractivity contribution in [1.82, 2.24) is 10.6 Å². The van der Waals surface area contributed by atoms with Gasteiger partial charge < -0.3 is 21.7 Å². The molecule has 1 aromatic carbocycles. The third kappa shape index (κ3) is 7.12. The highest BCUT2D eigenvalue weighted by atomic mass is 32.1. The molecule has 1 aliphatic heterocycles. The molecular weight excluding hydrogens is 379 g/mol. The molecule has 1 fully saturated rings. The third-order valence-corrected chi connectivity index (χ3v) is 4.98. The van der Waals surface area contributed by atoms with E-state index < -0.39 is 6.03 Å². The summed E-state index contributed by atoms with van der Waals surface area (Å²) in [7, 11) is 2.03. The van der Waals surface area contributed by atoms with Gasteiger partial charge in [-0.1, -0.05) is 11.8 Å². The van der Waals surface area contributed by atoms with E-state index in [0.29, 0.717) is 27.3 Å². The number of primary amides is 1. The number of amides is 2. The number of rotatable bonds is 3. The van der Waals surface area contributed by atoms with Crippen LogP contribution >= 0.6 is 11.3 Å². The fraction of sp³-hybridized carbons (Fsp3) is 0.300. The molecule has 1 aromatic heterocycles. The number of piperidine rings is 1. The molecule has 0 spiro atoms. The third-order valence-electron chi connectivity index (χ3n) is 4.01. The zero-order chi connectivity index (χ0) is 20.4. The van der Waals surface area contributed by atoms with Crippen molar-refractivity contribution in [2.45, 2.75) is 18.9 Å². The van der Waals surface area contributed by atoms with Crippen molar-refractivity contribution in [3.05, 3.63) is 51.5 Å². The van der Waals surface area contributed by atoms with Crippen LogP contribution in [-0.2, 0) is 0 Å².